The van der Waals surface area contributed by atoms with E-state index >= 15 is 0 Å². The molecule has 1 aromatic rings. The zero-order valence-corrected chi connectivity index (χ0v) is 12.5. The van der Waals surface area contributed by atoms with Gasteiger partial charge in [-0.1, -0.05) is 15.9 Å². The predicted octanol–water partition coefficient (Wildman–Crippen LogP) is 1.85. The topological polar surface area (TPSA) is 55.8 Å². The molecule has 0 aliphatic carbocycles. The molecule has 0 radical (unpaired) electrons. The molecule has 19 heavy (non-hydrogen) atoms. The van der Waals surface area contributed by atoms with E-state index in [-0.39, 0.29) is 25.5 Å². The Kier molecular flexibility index (Phi) is 6.35. The molecule has 0 saturated carbocycles. The van der Waals surface area contributed by atoms with Crippen molar-refractivity contribution in [3.8, 4) is 5.75 Å². The average Bonchev–Trinajstić information content (AvgIpc) is 2.40. The number of ether oxygens (including phenoxy) is 2. The Hall–Kier alpha value is -1.56. The van der Waals surface area contributed by atoms with Crippen molar-refractivity contribution in [2.45, 2.75) is 6.42 Å². The molecule has 1 aromatic carbocycles. The van der Waals surface area contributed by atoms with Crippen LogP contribution >= 0.6 is 15.9 Å². The first-order valence-corrected chi connectivity index (χ1v) is 6.51. The molecule has 104 valence electrons. The quantitative estimate of drug-likeness (QED) is 0.747. The van der Waals surface area contributed by atoms with Crippen LogP contribution in [-0.4, -0.2) is 44.1 Å². The van der Waals surface area contributed by atoms with Crippen molar-refractivity contribution >= 4 is 27.8 Å². The zero-order chi connectivity index (χ0) is 14.3. The van der Waals surface area contributed by atoms with E-state index in [9.17, 15) is 9.59 Å². The molecule has 0 bridgehead atoms. The van der Waals surface area contributed by atoms with Gasteiger partial charge in [0.1, 0.15) is 12.3 Å². The number of carbonyl (C=O) groups excluding carboxylic acids is 2. The van der Waals surface area contributed by atoms with Crippen LogP contribution < -0.4 is 4.74 Å². The SMILES string of the molecule is COC(=O)CN(C)C(=O)CCOc1ccc(Br)cc1. The summed E-state index contributed by atoms with van der Waals surface area (Å²) >= 11 is 3.33. The maximum atomic E-state index is 11.7. The summed E-state index contributed by atoms with van der Waals surface area (Å²) in [6.07, 6.45) is 0.212. The van der Waals surface area contributed by atoms with Crippen LogP contribution in [0.1, 0.15) is 6.42 Å². The fraction of sp³-hybridized carbons (Fsp3) is 0.385. The molecule has 0 atom stereocenters. The van der Waals surface area contributed by atoms with Crippen molar-refractivity contribution in [3.63, 3.8) is 0 Å². The Balaban J connectivity index is 2.30. The Morgan fingerprint density at radius 3 is 2.47 bits per heavy atom. The smallest absolute Gasteiger partial charge is 0.325 e. The van der Waals surface area contributed by atoms with Crippen molar-refractivity contribution in [1.29, 1.82) is 0 Å². The molecule has 1 rings (SSSR count). The van der Waals surface area contributed by atoms with E-state index in [1.165, 1.54) is 12.0 Å². The lowest BCUT2D eigenvalue weighted by molar-refractivity contribution is -0.146. The van der Waals surface area contributed by atoms with E-state index < -0.39 is 5.97 Å². The maximum Gasteiger partial charge on any atom is 0.325 e. The van der Waals surface area contributed by atoms with Crippen LogP contribution in [0.4, 0.5) is 0 Å². The third-order valence-electron chi connectivity index (χ3n) is 2.42. The number of hydrogen-bond donors (Lipinski definition) is 0. The minimum absolute atomic E-state index is 0.0480. The summed E-state index contributed by atoms with van der Waals surface area (Å²) in [4.78, 5) is 24.0. The van der Waals surface area contributed by atoms with Crippen LogP contribution in [-0.2, 0) is 14.3 Å². The number of amides is 1. The lowest BCUT2D eigenvalue weighted by atomic mass is 10.3. The summed E-state index contributed by atoms with van der Waals surface area (Å²) in [6.45, 7) is 0.222. The van der Waals surface area contributed by atoms with Gasteiger partial charge in [0, 0.05) is 11.5 Å². The molecule has 0 aliphatic rings. The Morgan fingerprint density at radius 1 is 1.26 bits per heavy atom. The first kappa shape index (κ1) is 15.5. The van der Waals surface area contributed by atoms with Gasteiger partial charge in [-0.05, 0) is 24.3 Å². The largest absolute Gasteiger partial charge is 0.493 e. The van der Waals surface area contributed by atoms with Crippen molar-refractivity contribution in [2.75, 3.05) is 27.3 Å². The van der Waals surface area contributed by atoms with E-state index in [1.807, 2.05) is 24.3 Å². The summed E-state index contributed by atoms with van der Waals surface area (Å²) in [5, 5.41) is 0. The minimum atomic E-state index is -0.440. The number of nitrogens with zero attached hydrogens (tertiary/aromatic N) is 1. The lowest BCUT2D eigenvalue weighted by Crippen LogP contribution is -2.33. The van der Waals surface area contributed by atoms with Gasteiger partial charge in [-0.2, -0.15) is 0 Å². The number of likely N-dealkylation sites (N-methyl/N-ethyl adjacent to an activating group) is 1. The van der Waals surface area contributed by atoms with Crippen LogP contribution in [0.15, 0.2) is 28.7 Å². The summed E-state index contributed by atoms with van der Waals surface area (Å²) in [6, 6.07) is 7.35. The third-order valence-corrected chi connectivity index (χ3v) is 2.95. The molecular formula is C13H16BrNO4. The van der Waals surface area contributed by atoms with Crippen LogP contribution in [0, 0.1) is 0 Å². The number of benzene rings is 1. The number of halogens is 1. The summed E-state index contributed by atoms with van der Waals surface area (Å²) in [7, 11) is 2.84. The van der Waals surface area contributed by atoms with Crippen LogP contribution in [0.5, 0.6) is 5.75 Å². The van der Waals surface area contributed by atoms with Gasteiger partial charge in [0.05, 0.1) is 20.1 Å². The molecule has 5 nitrogen and oxygen atoms in total. The Labute approximate surface area is 120 Å². The van der Waals surface area contributed by atoms with Gasteiger partial charge in [-0.3, -0.25) is 9.59 Å². The van der Waals surface area contributed by atoms with E-state index in [0.29, 0.717) is 5.75 Å². The van der Waals surface area contributed by atoms with Gasteiger partial charge < -0.3 is 14.4 Å². The molecule has 0 spiro atoms. The van der Waals surface area contributed by atoms with E-state index in [2.05, 4.69) is 20.7 Å². The first-order chi connectivity index (χ1) is 9.02. The molecule has 0 heterocycles. The molecule has 0 saturated heterocycles. The van der Waals surface area contributed by atoms with Gasteiger partial charge in [-0.15, -0.1) is 0 Å². The van der Waals surface area contributed by atoms with Crippen LogP contribution in [0.2, 0.25) is 0 Å². The highest BCUT2D eigenvalue weighted by Gasteiger charge is 2.12. The highest BCUT2D eigenvalue weighted by atomic mass is 79.9. The molecule has 0 N–H and O–H groups in total. The van der Waals surface area contributed by atoms with Crippen LogP contribution in [0.3, 0.4) is 0 Å². The van der Waals surface area contributed by atoms with Gasteiger partial charge in [0.15, 0.2) is 0 Å². The molecule has 0 unspecified atom stereocenters. The number of esters is 1. The molecular weight excluding hydrogens is 314 g/mol. The summed E-state index contributed by atoms with van der Waals surface area (Å²) in [5.74, 6) is 0.0961. The monoisotopic (exact) mass is 329 g/mol. The van der Waals surface area contributed by atoms with Crippen molar-refractivity contribution in [1.82, 2.24) is 4.90 Å². The second-order valence-electron chi connectivity index (χ2n) is 3.88. The Morgan fingerprint density at radius 2 is 1.89 bits per heavy atom. The van der Waals surface area contributed by atoms with Crippen LogP contribution in [0.25, 0.3) is 0 Å². The second-order valence-corrected chi connectivity index (χ2v) is 4.79. The third kappa shape index (κ3) is 5.74. The fourth-order valence-corrected chi connectivity index (χ4v) is 1.59. The van der Waals surface area contributed by atoms with Gasteiger partial charge in [0.25, 0.3) is 0 Å². The zero-order valence-electron chi connectivity index (χ0n) is 10.9. The number of rotatable bonds is 6. The molecule has 0 aliphatic heterocycles. The van der Waals surface area contributed by atoms with Gasteiger partial charge in [-0.25, -0.2) is 0 Å². The average molecular weight is 330 g/mol. The summed E-state index contributed by atoms with van der Waals surface area (Å²) < 4.78 is 10.9. The van der Waals surface area contributed by atoms with E-state index in [4.69, 9.17) is 4.74 Å². The highest BCUT2D eigenvalue weighted by molar-refractivity contribution is 9.10. The number of hydrogen-bond acceptors (Lipinski definition) is 4. The molecule has 0 fully saturated rings. The second kappa shape index (κ2) is 7.78. The summed E-state index contributed by atoms with van der Waals surface area (Å²) in [5.41, 5.74) is 0. The van der Waals surface area contributed by atoms with Crippen molar-refractivity contribution in [2.24, 2.45) is 0 Å². The van der Waals surface area contributed by atoms with Gasteiger partial charge in [0.2, 0.25) is 5.91 Å². The van der Waals surface area contributed by atoms with Gasteiger partial charge >= 0.3 is 5.97 Å². The Bertz CT molecular complexity index is 433. The molecule has 0 aromatic heterocycles. The number of methoxy groups -OCH3 is 1. The first-order valence-electron chi connectivity index (χ1n) is 5.72. The maximum absolute atomic E-state index is 11.7. The highest BCUT2D eigenvalue weighted by Crippen LogP contribution is 2.16. The van der Waals surface area contributed by atoms with E-state index in [0.717, 1.165) is 4.47 Å². The van der Waals surface area contributed by atoms with Crippen molar-refractivity contribution < 1.29 is 19.1 Å². The van der Waals surface area contributed by atoms with E-state index in [1.54, 1.807) is 7.05 Å². The lowest BCUT2D eigenvalue weighted by Gasteiger charge is -2.15. The normalized spacial score (nSPS) is 9.84. The van der Waals surface area contributed by atoms with Crippen molar-refractivity contribution in [3.05, 3.63) is 28.7 Å². The molecule has 1 amide bonds. The molecule has 6 heteroatoms. The fourth-order valence-electron chi connectivity index (χ4n) is 1.32. The predicted molar refractivity (Wildman–Crippen MR) is 73.9 cm³/mol. The minimum Gasteiger partial charge on any atom is -0.493 e. The number of carbonyl (C=O) groups is 2. The standard InChI is InChI=1S/C13H16BrNO4/c1-15(9-13(17)18-2)12(16)7-8-19-11-5-3-10(14)4-6-11/h3-6H,7-9H2,1-2H3.